The van der Waals surface area contributed by atoms with Crippen LogP contribution in [0.2, 0.25) is 0 Å². The lowest BCUT2D eigenvalue weighted by atomic mass is 10.1. The molecular weight excluding hydrogens is 264 g/mol. The molecule has 4 nitrogen and oxygen atoms in total. The smallest absolute Gasteiger partial charge is 0.243 e. The summed E-state index contributed by atoms with van der Waals surface area (Å²) < 4.78 is 5.40. The molecule has 0 atom stereocenters. The van der Waals surface area contributed by atoms with E-state index in [-0.39, 0.29) is 5.91 Å². The van der Waals surface area contributed by atoms with Crippen LogP contribution in [-0.4, -0.2) is 19.1 Å². The van der Waals surface area contributed by atoms with Crippen molar-refractivity contribution in [3.63, 3.8) is 0 Å². The molecule has 114 valence electrons. The second-order valence-electron chi connectivity index (χ2n) is 4.73. The van der Waals surface area contributed by atoms with Crippen LogP contribution in [0.15, 0.2) is 36.9 Å². The van der Waals surface area contributed by atoms with Gasteiger partial charge in [0.2, 0.25) is 5.91 Å². The van der Waals surface area contributed by atoms with Gasteiger partial charge in [-0.1, -0.05) is 38.5 Å². The molecule has 0 radical (unpaired) electrons. The molecule has 4 heteroatoms. The number of carbonyl (C=O) groups is 1. The monoisotopic (exact) mass is 288 g/mol. The Kier molecular flexibility index (Phi) is 7.72. The van der Waals surface area contributed by atoms with E-state index < -0.39 is 0 Å². The molecule has 0 aliphatic heterocycles. The van der Waals surface area contributed by atoms with Gasteiger partial charge in [0, 0.05) is 12.6 Å². The minimum absolute atomic E-state index is 0.0864. The predicted octanol–water partition coefficient (Wildman–Crippen LogP) is 3.15. The Morgan fingerprint density at radius 2 is 2.24 bits per heavy atom. The van der Waals surface area contributed by atoms with Crippen molar-refractivity contribution >= 4 is 17.7 Å². The topological polar surface area (TPSA) is 64.3 Å². The fourth-order valence-corrected chi connectivity index (χ4v) is 1.77. The van der Waals surface area contributed by atoms with Crippen molar-refractivity contribution in [2.75, 3.05) is 18.9 Å². The lowest BCUT2D eigenvalue weighted by Crippen LogP contribution is -2.21. The molecule has 0 aliphatic carbocycles. The van der Waals surface area contributed by atoms with Crippen LogP contribution < -0.4 is 15.8 Å². The Morgan fingerprint density at radius 1 is 1.43 bits per heavy atom. The normalized spacial score (nSPS) is 10.5. The number of anilines is 1. The number of nitrogens with one attached hydrogen (secondary N) is 1. The number of hydrogen-bond donors (Lipinski definition) is 2. The average molecular weight is 288 g/mol. The molecule has 0 aliphatic rings. The van der Waals surface area contributed by atoms with Crippen LogP contribution >= 0.6 is 0 Å². The van der Waals surface area contributed by atoms with Crippen molar-refractivity contribution in [2.24, 2.45) is 0 Å². The van der Waals surface area contributed by atoms with Crippen molar-refractivity contribution in [2.45, 2.75) is 26.2 Å². The molecule has 1 rings (SSSR count). The number of nitrogen functional groups attached to an aromatic ring is 1. The molecule has 0 fully saturated rings. The standard InChI is InChI=1S/C17H24N2O2/c1-3-5-6-11-19-17(20)10-8-14-7-9-16(15(18)13-14)21-12-4-2/h4,7-10,13H,2-3,5-6,11-12,18H2,1H3,(H,19,20)/b10-8-. The number of ether oxygens (including phenoxy) is 1. The molecule has 1 aromatic rings. The lowest BCUT2D eigenvalue weighted by molar-refractivity contribution is -0.116. The molecule has 0 aromatic heterocycles. The lowest BCUT2D eigenvalue weighted by Gasteiger charge is -2.07. The molecule has 1 aromatic carbocycles. The Bertz CT molecular complexity index is 496. The van der Waals surface area contributed by atoms with Crippen molar-refractivity contribution in [3.8, 4) is 5.75 Å². The van der Waals surface area contributed by atoms with Gasteiger partial charge in [0.15, 0.2) is 0 Å². The molecule has 0 saturated carbocycles. The van der Waals surface area contributed by atoms with Gasteiger partial charge in [-0.25, -0.2) is 0 Å². The van der Waals surface area contributed by atoms with Crippen LogP contribution in [0.1, 0.15) is 31.7 Å². The quantitative estimate of drug-likeness (QED) is 0.317. The first-order chi connectivity index (χ1) is 10.2. The average Bonchev–Trinajstić information content (AvgIpc) is 2.48. The first kappa shape index (κ1) is 16.8. The maximum absolute atomic E-state index is 11.6. The van der Waals surface area contributed by atoms with Gasteiger partial charge >= 0.3 is 0 Å². The van der Waals surface area contributed by atoms with Gasteiger partial charge in [-0.05, 0) is 30.2 Å². The third kappa shape index (κ3) is 6.65. The highest BCUT2D eigenvalue weighted by molar-refractivity contribution is 5.91. The maximum atomic E-state index is 11.6. The van der Waals surface area contributed by atoms with Crippen LogP contribution in [0.5, 0.6) is 5.75 Å². The number of benzene rings is 1. The number of rotatable bonds is 9. The highest BCUT2D eigenvalue weighted by Gasteiger charge is 2.00. The summed E-state index contributed by atoms with van der Waals surface area (Å²) in [7, 11) is 0. The van der Waals surface area contributed by atoms with E-state index in [1.54, 1.807) is 24.3 Å². The Hall–Kier alpha value is -2.23. The Balaban J connectivity index is 2.50. The summed E-state index contributed by atoms with van der Waals surface area (Å²) in [6.07, 6.45) is 8.21. The molecule has 1 amide bonds. The summed E-state index contributed by atoms with van der Waals surface area (Å²) in [5.41, 5.74) is 7.30. The minimum atomic E-state index is -0.0864. The maximum Gasteiger partial charge on any atom is 0.243 e. The van der Waals surface area contributed by atoms with Crippen LogP contribution in [0.25, 0.3) is 6.08 Å². The summed E-state index contributed by atoms with van der Waals surface area (Å²) in [6, 6.07) is 5.42. The van der Waals surface area contributed by atoms with Gasteiger partial charge in [0.05, 0.1) is 5.69 Å². The van der Waals surface area contributed by atoms with E-state index in [0.29, 0.717) is 24.6 Å². The van der Waals surface area contributed by atoms with E-state index in [9.17, 15) is 4.79 Å². The summed E-state index contributed by atoms with van der Waals surface area (Å²) in [5.74, 6) is 0.535. The van der Waals surface area contributed by atoms with Crippen LogP contribution in [0.3, 0.4) is 0 Å². The van der Waals surface area contributed by atoms with Gasteiger partial charge in [0.25, 0.3) is 0 Å². The van der Waals surface area contributed by atoms with E-state index >= 15 is 0 Å². The minimum Gasteiger partial charge on any atom is -0.487 e. The first-order valence-corrected chi connectivity index (χ1v) is 7.26. The summed E-state index contributed by atoms with van der Waals surface area (Å²) in [5, 5.41) is 2.85. The Morgan fingerprint density at radius 3 is 2.90 bits per heavy atom. The van der Waals surface area contributed by atoms with Crippen LogP contribution in [-0.2, 0) is 4.79 Å². The van der Waals surface area contributed by atoms with Gasteiger partial charge in [-0.15, -0.1) is 0 Å². The number of hydrogen-bond acceptors (Lipinski definition) is 3. The first-order valence-electron chi connectivity index (χ1n) is 7.26. The molecule has 0 saturated heterocycles. The number of unbranched alkanes of at least 4 members (excludes halogenated alkanes) is 2. The van der Waals surface area contributed by atoms with E-state index in [2.05, 4.69) is 18.8 Å². The fourth-order valence-electron chi connectivity index (χ4n) is 1.77. The van der Waals surface area contributed by atoms with Crippen molar-refractivity contribution in [1.29, 1.82) is 0 Å². The van der Waals surface area contributed by atoms with Crippen molar-refractivity contribution < 1.29 is 9.53 Å². The molecule has 0 heterocycles. The van der Waals surface area contributed by atoms with Gasteiger partial charge in [-0.3, -0.25) is 4.79 Å². The highest BCUT2D eigenvalue weighted by Crippen LogP contribution is 2.23. The highest BCUT2D eigenvalue weighted by atomic mass is 16.5. The zero-order chi connectivity index (χ0) is 15.5. The number of carbonyl (C=O) groups excluding carboxylic acids is 1. The van der Waals surface area contributed by atoms with E-state index in [0.717, 1.165) is 24.8 Å². The van der Waals surface area contributed by atoms with E-state index in [1.165, 1.54) is 6.08 Å². The fraction of sp³-hybridized carbons (Fsp3) is 0.353. The number of nitrogens with two attached hydrogens (primary N) is 1. The van der Waals surface area contributed by atoms with Crippen LogP contribution in [0.4, 0.5) is 5.69 Å². The third-order valence-electron chi connectivity index (χ3n) is 2.90. The second-order valence-corrected chi connectivity index (χ2v) is 4.73. The van der Waals surface area contributed by atoms with Gasteiger partial charge < -0.3 is 15.8 Å². The number of amides is 1. The summed E-state index contributed by atoms with van der Waals surface area (Å²) in [6.45, 7) is 6.85. The summed E-state index contributed by atoms with van der Waals surface area (Å²) in [4.78, 5) is 11.6. The van der Waals surface area contributed by atoms with Crippen LogP contribution in [0, 0.1) is 0 Å². The Labute approximate surface area is 126 Å². The second kappa shape index (κ2) is 9.64. The molecule has 0 spiro atoms. The zero-order valence-corrected chi connectivity index (χ0v) is 12.6. The van der Waals surface area contributed by atoms with Gasteiger partial charge in [0.1, 0.15) is 12.4 Å². The summed E-state index contributed by atoms with van der Waals surface area (Å²) >= 11 is 0. The van der Waals surface area contributed by atoms with E-state index in [4.69, 9.17) is 10.5 Å². The van der Waals surface area contributed by atoms with Crippen molar-refractivity contribution in [1.82, 2.24) is 5.32 Å². The zero-order valence-electron chi connectivity index (χ0n) is 12.6. The third-order valence-corrected chi connectivity index (χ3v) is 2.90. The van der Waals surface area contributed by atoms with Gasteiger partial charge in [-0.2, -0.15) is 0 Å². The molecule has 0 bridgehead atoms. The molecular formula is C17H24N2O2. The molecule has 3 N–H and O–H groups in total. The largest absolute Gasteiger partial charge is 0.487 e. The van der Waals surface area contributed by atoms with E-state index in [1.807, 2.05) is 6.07 Å². The molecule has 0 unspecified atom stereocenters. The van der Waals surface area contributed by atoms with Crippen molar-refractivity contribution in [3.05, 3.63) is 42.5 Å². The molecule has 21 heavy (non-hydrogen) atoms. The predicted molar refractivity (Wildman–Crippen MR) is 88.1 cm³/mol. The SMILES string of the molecule is C=CCOc1ccc(/C=C\C(=O)NCCCCC)cc1N.